The Morgan fingerprint density at radius 2 is 1.48 bits per heavy atom. The maximum atomic E-state index is 12.8. The van der Waals surface area contributed by atoms with Crippen LogP contribution in [0.15, 0.2) is 60.7 Å². The van der Waals surface area contributed by atoms with Crippen LogP contribution < -0.4 is 0 Å². The first kappa shape index (κ1) is 18.7. The van der Waals surface area contributed by atoms with Gasteiger partial charge in [0.15, 0.2) is 0 Å². The maximum Gasteiger partial charge on any atom is 0.329 e. The Kier molecular flexibility index (Phi) is 7.16. The summed E-state index contributed by atoms with van der Waals surface area (Å²) in [6.45, 7) is 0.0261. The first-order valence-electron chi connectivity index (χ1n) is 8.09. The van der Waals surface area contributed by atoms with Crippen LogP contribution in [0, 0.1) is 0 Å². The summed E-state index contributed by atoms with van der Waals surface area (Å²) in [7, 11) is 2.83. The summed E-state index contributed by atoms with van der Waals surface area (Å²) in [5.74, 6) is -0.637. The van der Waals surface area contributed by atoms with Gasteiger partial charge in [-0.3, -0.25) is 4.79 Å². The predicted molar refractivity (Wildman–Crippen MR) is 94.8 cm³/mol. The summed E-state index contributed by atoms with van der Waals surface area (Å²) in [5.41, 5.74) is 1.84. The van der Waals surface area contributed by atoms with Crippen LogP contribution in [0.1, 0.15) is 11.1 Å². The average Bonchev–Trinajstić information content (AvgIpc) is 2.65. The third kappa shape index (κ3) is 5.43. The summed E-state index contributed by atoms with van der Waals surface area (Å²) in [4.78, 5) is 26.5. The van der Waals surface area contributed by atoms with Crippen LogP contribution >= 0.6 is 0 Å². The molecule has 0 saturated carbocycles. The van der Waals surface area contributed by atoms with Crippen LogP contribution in [-0.4, -0.2) is 43.8 Å². The van der Waals surface area contributed by atoms with Crippen LogP contribution in [0.5, 0.6) is 0 Å². The molecule has 5 heteroatoms. The topological polar surface area (TPSA) is 55.8 Å². The monoisotopic (exact) mass is 341 g/mol. The Balaban J connectivity index is 2.21. The molecule has 5 nitrogen and oxygen atoms in total. The van der Waals surface area contributed by atoms with E-state index in [1.807, 2.05) is 60.7 Å². The van der Waals surface area contributed by atoms with Crippen molar-refractivity contribution in [2.24, 2.45) is 0 Å². The summed E-state index contributed by atoms with van der Waals surface area (Å²) in [6.07, 6.45) is 0.573. The SMILES string of the molecule is COCN(C(=O)Cc1ccccc1)[C@@H](Cc1ccccc1)C(=O)OC. The van der Waals surface area contributed by atoms with Gasteiger partial charge in [-0.2, -0.15) is 0 Å². The molecule has 0 heterocycles. The largest absolute Gasteiger partial charge is 0.467 e. The number of esters is 1. The van der Waals surface area contributed by atoms with E-state index in [1.165, 1.54) is 19.1 Å². The predicted octanol–water partition coefficient (Wildman–Crippen LogP) is 2.45. The van der Waals surface area contributed by atoms with Crippen molar-refractivity contribution >= 4 is 11.9 Å². The molecule has 2 aromatic rings. The van der Waals surface area contributed by atoms with E-state index in [1.54, 1.807) is 0 Å². The van der Waals surface area contributed by atoms with Crippen LogP contribution in [-0.2, 0) is 31.9 Å². The molecule has 0 aromatic heterocycles. The minimum Gasteiger partial charge on any atom is -0.467 e. The third-order valence-corrected chi connectivity index (χ3v) is 3.91. The quantitative estimate of drug-likeness (QED) is 0.547. The zero-order valence-corrected chi connectivity index (χ0v) is 14.6. The molecule has 0 N–H and O–H groups in total. The van der Waals surface area contributed by atoms with E-state index in [-0.39, 0.29) is 19.1 Å². The number of hydrogen-bond donors (Lipinski definition) is 0. The average molecular weight is 341 g/mol. The highest BCUT2D eigenvalue weighted by atomic mass is 16.5. The van der Waals surface area contributed by atoms with Gasteiger partial charge in [0.25, 0.3) is 0 Å². The van der Waals surface area contributed by atoms with Crippen LogP contribution in [0.25, 0.3) is 0 Å². The van der Waals surface area contributed by atoms with Gasteiger partial charge in [0.1, 0.15) is 12.8 Å². The van der Waals surface area contributed by atoms with Crippen molar-refractivity contribution < 1.29 is 19.1 Å². The van der Waals surface area contributed by atoms with Gasteiger partial charge in [0, 0.05) is 13.5 Å². The number of methoxy groups -OCH3 is 2. The number of ether oxygens (including phenoxy) is 2. The Morgan fingerprint density at radius 3 is 2.00 bits per heavy atom. The maximum absolute atomic E-state index is 12.8. The Labute approximate surface area is 148 Å². The number of carbonyl (C=O) groups is 2. The minimum absolute atomic E-state index is 0.0261. The van der Waals surface area contributed by atoms with Crippen molar-refractivity contribution in [2.75, 3.05) is 21.0 Å². The molecular weight excluding hydrogens is 318 g/mol. The lowest BCUT2D eigenvalue weighted by Gasteiger charge is -2.29. The summed E-state index contributed by atoms with van der Waals surface area (Å²) in [5, 5.41) is 0. The number of rotatable bonds is 8. The van der Waals surface area contributed by atoms with Gasteiger partial charge >= 0.3 is 5.97 Å². The zero-order chi connectivity index (χ0) is 18.1. The second kappa shape index (κ2) is 9.59. The zero-order valence-electron chi connectivity index (χ0n) is 14.6. The molecule has 25 heavy (non-hydrogen) atoms. The molecule has 1 atom stereocenters. The van der Waals surface area contributed by atoms with E-state index in [9.17, 15) is 9.59 Å². The molecule has 0 unspecified atom stereocenters. The third-order valence-electron chi connectivity index (χ3n) is 3.91. The Hall–Kier alpha value is -2.66. The van der Waals surface area contributed by atoms with E-state index in [0.717, 1.165) is 11.1 Å². The fourth-order valence-corrected chi connectivity index (χ4v) is 2.64. The highest BCUT2D eigenvalue weighted by molar-refractivity contribution is 5.86. The summed E-state index contributed by atoms with van der Waals surface area (Å²) < 4.78 is 10.1. The molecule has 0 spiro atoms. The number of carbonyl (C=O) groups excluding carboxylic acids is 2. The van der Waals surface area contributed by atoms with Gasteiger partial charge in [-0.25, -0.2) is 4.79 Å². The Morgan fingerprint density at radius 1 is 0.920 bits per heavy atom. The lowest BCUT2D eigenvalue weighted by molar-refractivity contribution is -0.156. The smallest absolute Gasteiger partial charge is 0.329 e. The molecular formula is C20H23NO4. The lowest BCUT2D eigenvalue weighted by atomic mass is 10.0. The molecule has 0 bridgehead atoms. The molecule has 2 rings (SSSR count). The van der Waals surface area contributed by atoms with Gasteiger partial charge < -0.3 is 14.4 Å². The van der Waals surface area contributed by atoms with Crippen molar-refractivity contribution in [3.63, 3.8) is 0 Å². The van der Waals surface area contributed by atoms with Crippen molar-refractivity contribution in [3.05, 3.63) is 71.8 Å². The lowest BCUT2D eigenvalue weighted by Crippen LogP contribution is -2.48. The molecule has 0 saturated heterocycles. The van der Waals surface area contributed by atoms with E-state index in [2.05, 4.69) is 0 Å². The molecule has 0 fully saturated rings. The first-order valence-corrected chi connectivity index (χ1v) is 8.09. The molecule has 0 aliphatic carbocycles. The molecule has 0 aliphatic rings. The molecule has 1 amide bonds. The van der Waals surface area contributed by atoms with Crippen LogP contribution in [0.4, 0.5) is 0 Å². The van der Waals surface area contributed by atoms with Gasteiger partial charge in [-0.1, -0.05) is 60.7 Å². The van der Waals surface area contributed by atoms with E-state index in [4.69, 9.17) is 9.47 Å². The second-order valence-corrected chi connectivity index (χ2v) is 5.67. The minimum atomic E-state index is -0.733. The van der Waals surface area contributed by atoms with Gasteiger partial charge in [-0.15, -0.1) is 0 Å². The second-order valence-electron chi connectivity index (χ2n) is 5.67. The standard InChI is InChI=1S/C20H23NO4/c1-24-15-21(19(22)14-17-11-7-4-8-12-17)18(20(23)25-2)13-16-9-5-3-6-10-16/h3-12,18H,13-15H2,1-2H3/t18-/m0/s1. The Bertz CT molecular complexity index is 673. The van der Waals surface area contributed by atoms with Crippen LogP contribution in [0.3, 0.4) is 0 Å². The molecule has 0 radical (unpaired) electrons. The van der Waals surface area contributed by atoms with E-state index in [0.29, 0.717) is 6.42 Å². The summed E-state index contributed by atoms with van der Waals surface area (Å²) >= 11 is 0. The highest BCUT2D eigenvalue weighted by Gasteiger charge is 2.30. The number of benzene rings is 2. The first-order chi connectivity index (χ1) is 12.2. The normalized spacial score (nSPS) is 11.6. The van der Waals surface area contributed by atoms with Gasteiger partial charge in [0.2, 0.25) is 5.91 Å². The number of hydrogen-bond acceptors (Lipinski definition) is 4. The molecule has 0 aliphatic heterocycles. The van der Waals surface area contributed by atoms with Crippen LogP contribution in [0.2, 0.25) is 0 Å². The van der Waals surface area contributed by atoms with Gasteiger partial charge in [0.05, 0.1) is 13.5 Å². The van der Waals surface area contributed by atoms with E-state index < -0.39 is 12.0 Å². The number of nitrogens with zero attached hydrogens (tertiary/aromatic N) is 1. The number of amides is 1. The fraction of sp³-hybridized carbons (Fsp3) is 0.300. The molecule has 2 aromatic carbocycles. The fourth-order valence-electron chi connectivity index (χ4n) is 2.64. The van der Waals surface area contributed by atoms with E-state index >= 15 is 0 Å². The van der Waals surface area contributed by atoms with Crippen molar-refractivity contribution in [1.29, 1.82) is 0 Å². The van der Waals surface area contributed by atoms with Crippen molar-refractivity contribution in [1.82, 2.24) is 4.90 Å². The highest BCUT2D eigenvalue weighted by Crippen LogP contribution is 2.13. The van der Waals surface area contributed by atoms with Gasteiger partial charge in [-0.05, 0) is 11.1 Å². The van der Waals surface area contributed by atoms with Crippen molar-refractivity contribution in [2.45, 2.75) is 18.9 Å². The van der Waals surface area contributed by atoms with Crippen molar-refractivity contribution in [3.8, 4) is 0 Å². The summed E-state index contributed by atoms with van der Waals surface area (Å²) in [6, 6.07) is 18.2. The molecule has 132 valence electrons.